The number of nitrogens with zero attached hydrogens (tertiary/aromatic N) is 2. The standard InChI is InChI=1S/C23H25ClN4O4/c1-2-3-13-27(19(29)15-32-18-11-9-17(24)10-12-18)20-21(25)28(23(31)26-22(20)30)14-16-7-5-4-6-8-16/h4-12H,2-3,13-15,25H2,1H3,(H,26,30,31). The molecule has 0 aliphatic carbocycles. The van der Waals surface area contributed by atoms with E-state index in [1.54, 1.807) is 24.3 Å². The van der Waals surface area contributed by atoms with Crippen molar-refractivity contribution in [3.05, 3.63) is 86.0 Å². The van der Waals surface area contributed by atoms with Crippen LogP contribution in [-0.2, 0) is 11.3 Å². The van der Waals surface area contributed by atoms with Crippen LogP contribution in [0, 0.1) is 0 Å². The second kappa shape index (κ2) is 10.7. The lowest BCUT2D eigenvalue weighted by molar-refractivity contribution is -0.120. The molecule has 168 valence electrons. The number of H-pyrrole nitrogens is 1. The van der Waals surface area contributed by atoms with Crippen LogP contribution >= 0.6 is 11.6 Å². The Morgan fingerprint density at radius 2 is 1.81 bits per heavy atom. The Kier molecular flexibility index (Phi) is 7.72. The molecule has 0 aliphatic heterocycles. The number of halogens is 1. The Hall–Kier alpha value is -3.52. The number of hydrogen-bond donors (Lipinski definition) is 2. The van der Waals surface area contributed by atoms with Gasteiger partial charge in [0.25, 0.3) is 11.5 Å². The van der Waals surface area contributed by atoms with Crippen LogP contribution in [0.15, 0.2) is 64.2 Å². The summed E-state index contributed by atoms with van der Waals surface area (Å²) in [5, 5.41) is 0.549. The minimum absolute atomic E-state index is 0.0568. The number of unbranched alkanes of at least 4 members (excludes halogenated alkanes) is 1. The fraction of sp³-hybridized carbons (Fsp3) is 0.261. The van der Waals surface area contributed by atoms with Crippen molar-refractivity contribution in [1.29, 1.82) is 0 Å². The quantitative estimate of drug-likeness (QED) is 0.514. The Labute approximate surface area is 190 Å². The van der Waals surface area contributed by atoms with Crippen molar-refractivity contribution >= 4 is 29.0 Å². The molecule has 0 bridgehead atoms. The van der Waals surface area contributed by atoms with Gasteiger partial charge in [-0.1, -0.05) is 55.3 Å². The largest absolute Gasteiger partial charge is 0.484 e. The lowest BCUT2D eigenvalue weighted by Gasteiger charge is -2.24. The molecule has 3 rings (SSSR count). The summed E-state index contributed by atoms with van der Waals surface area (Å²) in [7, 11) is 0. The van der Waals surface area contributed by atoms with Crippen LogP contribution in [0.5, 0.6) is 5.75 Å². The summed E-state index contributed by atoms with van der Waals surface area (Å²) in [4.78, 5) is 41.7. The maximum Gasteiger partial charge on any atom is 0.330 e. The van der Waals surface area contributed by atoms with E-state index in [0.717, 1.165) is 12.0 Å². The number of rotatable bonds is 9. The van der Waals surface area contributed by atoms with E-state index < -0.39 is 17.2 Å². The van der Waals surface area contributed by atoms with Crippen molar-refractivity contribution in [1.82, 2.24) is 9.55 Å². The van der Waals surface area contributed by atoms with Crippen LogP contribution in [0.1, 0.15) is 25.3 Å². The first-order valence-corrected chi connectivity index (χ1v) is 10.6. The average molecular weight is 457 g/mol. The van der Waals surface area contributed by atoms with E-state index in [9.17, 15) is 14.4 Å². The highest BCUT2D eigenvalue weighted by Crippen LogP contribution is 2.20. The summed E-state index contributed by atoms with van der Waals surface area (Å²) in [6.45, 7) is 2.08. The number of aromatic amines is 1. The normalized spacial score (nSPS) is 10.7. The smallest absolute Gasteiger partial charge is 0.330 e. The summed E-state index contributed by atoms with van der Waals surface area (Å²) in [6.07, 6.45) is 1.44. The molecule has 8 nitrogen and oxygen atoms in total. The molecule has 2 aromatic carbocycles. The van der Waals surface area contributed by atoms with E-state index >= 15 is 0 Å². The highest BCUT2D eigenvalue weighted by Gasteiger charge is 2.24. The Morgan fingerprint density at radius 1 is 1.12 bits per heavy atom. The molecule has 1 aromatic heterocycles. The molecule has 0 saturated carbocycles. The van der Waals surface area contributed by atoms with Crippen molar-refractivity contribution in [3.8, 4) is 5.75 Å². The van der Waals surface area contributed by atoms with Gasteiger partial charge in [-0.15, -0.1) is 0 Å². The number of nitrogen functional groups attached to an aromatic ring is 1. The lowest BCUT2D eigenvalue weighted by atomic mass is 10.2. The monoisotopic (exact) mass is 456 g/mol. The minimum atomic E-state index is -0.715. The van der Waals surface area contributed by atoms with Crippen molar-refractivity contribution in [2.45, 2.75) is 26.3 Å². The predicted molar refractivity (Wildman–Crippen MR) is 125 cm³/mol. The number of anilines is 2. The third kappa shape index (κ3) is 5.59. The van der Waals surface area contributed by atoms with E-state index in [0.29, 0.717) is 17.2 Å². The van der Waals surface area contributed by atoms with Gasteiger partial charge in [-0.3, -0.25) is 19.1 Å². The second-order valence-electron chi connectivity index (χ2n) is 7.21. The molecule has 3 aromatic rings. The Balaban J connectivity index is 1.92. The van der Waals surface area contributed by atoms with Crippen molar-refractivity contribution < 1.29 is 9.53 Å². The van der Waals surface area contributed by atoms with Gasteiger partial charge in [-0.05, 0) is 36.2 Å². The van der Waals surface area contributed by atoms with Crippen LogP contribution < -0.4 is 26.6 Å². The van der Waals surface area contributed by atoms with E-state index in [-0.39, 0.29) is 31.2 Å². The highest BCUT2D eigenvalue weighted by molar-refractivity contribution is 6.30. The molecule has 0 spiro atoms. The van der Waals surface area contributed by atoms with Gasteiger partial charge >= 0.3 is 5.69 Å². The highest BCUT2D eigenvalue weighted by atomic mass is 35.5. The van der Waals surface area contributed by atoms with Gasteiger partial charge in [0.05, 0.1) is 6.54 Å². The summed E-state index contributed by atoms with van der Waals surface area (Å²) in [6, 6.07) is 15.8. The molecule has 1 heterocycles. The van der Waals surface area contributed by atoms with Crippen LogP contribution in [0.2, 0.25) is 5.02 Å². The van der Waals surface area contributed by atoms with E-state index in [4.69, 9.17) is 22.1 Å². The first-order chi connectivity index (χ1) is 15.4. The summed E-state index contributed by atoms with van der Waals surface area (Å²) < 4.78 is 6.81. The summed E-state index contributed by atoms with van der Waals surface area (Å²) >= 11 is 5.87. The zero-order valence-corrected chi connectivity index (χ0v) is 18.5. The maximum absolute atomic E-state index is 13.0. The maximum atomic E-state index is 13.0. The number of aromatic nitrogens is 2. The van der Waals surface area contributed by atoms with Gasteiger partial charge in [0.2, 0.25) is 0 Å². The number of carbonyl (C=O) groups is 1. The van der Waals surface area contributed by atoms with E-state index in [1.807, 2.05) is 37.3 Å². The van der Waals surface area contributed by atoms with Crippen LogP contribution in [-0.4, -0.2) is 28.6 Å². The predicted octanol–water partition coefficient (Wildman–Crippen LogP) is 3.03. The molecule has 32 heavy (non-hydrogen) atoms. The molecular formula is C23H25ClN4O4. The van der Waals surface area contributed by atoms with Gasteiger partial charge in [-0.25, -0.2) is 4.79 Å². The van der Waals surface area contributed by atoms with Crippen molar-refractivity contribution in [2.24, 2.45) is 0 Å². The van der Waals surface area contributed by atoms with Gasteiger partial charge in [0.1, 0.15) is 11.6 Å². The van der Waals surface area contributed by atoms with E-state index in [1.165, 1.54) is 9.47 Å². The Morgan fingerprint density at radius 3 is 2.47 bits per heavy atom. The summed E-state index contributed by atoms with van der Waals surface area (Å²) in [5.74, 6) is -0.0526. The number of ether oxygens (including phenoxy) is 1. The SMILES string of the molecule is CCCCN(C(=O)COc1ccc(Cl)cc1)c1c(N)n(Cc2ccccc2)c(=O)[nH]c1=O. The molecule has 0 fully saturated rings. The van der Waals surface area contributed by atoms with Gasteiger partial charge in [-0.2, -0.15) is 0 Å². The number of hydrogen-bond acceptors (Lipinski definition) is 5. The number of benzene rings is 2. The number of nitrogens with one attached hydrogen (secondary N) is 1. The molecule has 3 N–H and O–H groups in total. The summed E-state index contributed by atoms with van der Waals surface area (Å²) in [5.41, 5.74) is 5.68. The number of nitrogens with two attached hydrogens (primary N) is 1. The van der Waals surface area contributed by atoms with E-state index in [2.05, 4.69) is 4.98 Å². The van der Waals surface area contributed by atoms with Gasteiger partial charge in [0, 0.05) is 11.6 Å². The number of amides is 1. The molecular weight excluding hydrogens is 432 g/mol. The van der Waals surface area contributed by atoms with Crippen molar-refractivity contribution in [2.75, 3.05) is 23.8 Å². The molecule has 0 unspecified atom stereocenters. The molecule has 0 atom stereocenters. The first-order valence-electron chi connectivity index (χ1n) is 10.3. The topological polar surface area (TPSA) is 110 Å². The third-order valence-corrected chi connectivity index (χ3v) is 5.13. The Bertz CT molecular complexity index is 1170. The van der Waals surface area contributed by atoms with Gasteiger partial charge in [0.15, 0.2) is 12.3 Å². The molecule has 1 amide bonds. The van der Waals surface area contributed by atoms with Crippen LogP contribution in [0.3, 0.4) is 0 Å². The average Bonchev–Trinajstić information content (AvgIpc) is 2.79. The fourth-order valence-corrected chi connectivity index (χ4v) is 3.32. The van der Waals surface area contributed by atoms with Crippen molar-refractivity contribution in [3.63, 3.8) is 0 Å². The van der Waals surface area contributed by atoms with Crippen LogP contribution in [0.4, 0.5) is 11.5 Å². The third-order valence-electron chi connectivity index (χ3n) is 4.88. The minimum Gasteiger partial charge on any atom is -0.484 e. The first kappa shape index (κ1) is 23.1. The molecule has 9 heteroatoms. The second-order valence-corrected chi connectivity index (χ2v) is 7.64. The number of carbonyl (C=O) groups excluding carboxylic acids is 1. The van der Waals surface area contributed by atoms with Gasteiger partial charge < -0.3 is 15.4 Å². The van der Waals surface area contributed by atoms with Crippen LogP contribution in [0.25, 0.3) is 0 Å². The lowest BCUT2D eigenvalue weighted by Crippen LogP contribution is -2.43. The zero-order chi connectivity index (χ0) is 23.1. The fourth-order valence-electron chi connectivity index (χ4n) is 3.19. The zero-order valence-electron chi connectivity index (χ0n) is 17.7. The molecule has 0 aliphatic rings. The molecule has 0 radical (unpaired) electrons. The molecule has 0 saturated heterocycles.